The van der Waals surface area contributed by atoms with Gasteiger partial charge in [-0.1, -0.05) is 0 Å². The summed E-state index contributed by atoms with van der Waals surface area (Å²) < 4.78 is 25.4. The molecule has 0 aliphatic rings. The molecule has 0 saturated carbocycles. The number of methoxy groups -OCH3 is 3. The van der Waals surface area contributed by atoms with Crippen LogP contribution in [0, 0.1) is 0 Å². The number of hydrogen-bond donors (Lipinski definition) is 0. The monoisotopic (exact) mass is 312 g/mol. The molecule has 9 nitrogen and oxygen atoms in total. The Labute approximate surface area is 124 Å². The minimum Gasteiger partial charge on any atom is -0.438 e. The average molecular weight is 312 g/mol. The summed E-state index contributed by atoms with van der Waals surface area (Å²) in [6.45, 7) is 6.30. The van der Waals surface area contributed by atoms with Gasteiger partial charge in [-0.15, -0.1) is 0 Å². The lowest BCUT2D eigenvalue weighted by atomic mass is 10.8. The van der Waals surface area contributed by atoms with Crippen LogP contribution >= 0.6 is 0 Å². The lowest BCUT2D eigenvalue weighted by Crippen LogP contribution is -2.05. The van der Waals surface area contributed by atoms with Crippen LogP contribution in [0.5, 0.6) is 0 Å². The topological polar surface area (TPSA) is 107 Å². The molecule has 126 valence electrons. The second-order valence-electron chi connectivity index (χ2n) is 2.66. The fourth-order valence-corrected chi connectivity index (χ4v) is 0.537. The van der Waals surface area contributed by atoms with E-state index in [0.29, 0.717) is 19.8 Å². The molecule has 0 aromatic rings. The maximum absolute atomic E-state index is 10.2. The highest BCUT2D eigenvalue weighted by Crippen LogP contribution is 1.81. The van der Waals surface area contributed by atoms with Crippen LogP contribution in [0.4, 0.5) is 14.4 Å². The largest absolute Gasteiger partial charge is 0.508 e. The third-order valence-electron chi connectivity index (χ3n) is 1.29. The molecule has 0 aromatic carbocycles. The van der Waals surface area contributed by atoms with Gasteiger partial charge in [-0.3, -0.25) is 0 Å². The van der Waals surface area contributed by atoms with Gasteiger partial charge in [0.25, 0.3) is 0 Å². The molecule has 0 aliphatic heterocycles. The SMILES string of the molecule is CCOC(=O)OC.CCOC(=O)OCC.COC(=O)OC. The van der Waals surface area contributed by atoms with E-state index in [1.807, 2.05) is 0 Å². The maximum atomic E-state index is 10.2. The van der Waals surface area contributed by atoms with Crippen LogP contribution in [-0.2, 0) is 28.4 Å². The minimum atomic E-state index is -0.657. The zero-order valence-electron chi connectivity index (χ0n) is 13.3. The zero-order valence-corrected chi connectivity index (χ0v) is 13.3. The smallest absolute Gasteiger partial charge is 0.438 e. The molecule has 0 atom stereocenters. The van der Waals surface area contributed by atoms with Crippen molar-refractivity contribution in [2.75, 3.05) is 41.2 Å². The third-order valence-corrected chi connectivity index (χ3v) is 1.29. The molecule has 21 heavy (non-hydrogen) atoms. The second-order valence-corrected chi connectivity index (χ2v) is 2.66. The standard InChI is InChI=1S/C5H10O3.C4H8O3.C3H6O3/c1-3-7-5(6)8-4-2;1-3-7-4(5)6-2;1-5-3(4)6-2/h3-4H2,1-2H3;3H2,1-2H3;1-2H3. The van der Waals surface area contributed by atoms with Crippen LogP contribution in [0.1, 0.15) is 20.8 Å². The summed E-state index contributed by atoms with van der Waals surface area (Å²) in [5.74, 6) is 0. The van der Waals surface area contributed by atoms with Crippen molar-refractivity contribution in [3.8, 4) is 0 Å². The van der Waals surface area contributed by atoms with Gasteiger partial charge in [-0.25, -0.2) is 14.4 Å². The quantitative estimate of drug-likeness (QED) is 0.573. The summed E-state index contributed by atoms with van der Waals surface area (Å²) in [5, 5.41) is 0. The maximum Gasteiger partial charge on any atom is 0.508 e. The Kier molecular flexibility index (Phi) is 22.9. The number of ether oxygens (including phenoxy) is 6. The van der Waals surface area contributed by atoms with Crippen molar-refractivity contribution in [3.05, 3.63) is 0 Å². The summed E-state index contributed by atoms with van der Waals surface area (Å²) in [6.07, 6.45) is -1.87. The highest BCUT2D eigenvalue weighted by atomic mass is 16.7. The third kappa shape index (κ3) is 27.1. The van der Waals surface area contributed by atoms with Gasteiger partial charge in [0.1, 0.15) is 0 Å². The summed E-state index contributed by atoms with van der Waals surface area (Å²) in [6, 6.07) is 0. The van der Waals surface area contributed by atoms with Gasteiger partial charge in [0.15, 0.2) is 0 Å². The summed E-state index contributed by atoms with van der Waals surface area (Å²) in [5.41, 5.74) is 0. The molecule has 0 radical (unpaired) electrons. The van der Waals surface area contributed by atoms with Crippen LogP contribution in [0.3, 0.4) is 0 Å². The number of hydrogen-bond acceptors (Lipinski definition) is 9. The van der Waals surface area contributed by atoms with Crippen LogP contribution < -0.4 is 0 Å². The van der Waals surface area contributed by atoms with Crippen LogP contribution in [0.15, 0.2) is 0 Å². The molecule has 0 unspecified atom stereocenters. The molecule has 0 aromatic heterocycles. The first-order chi connectivity index (χ1) is 9.92. The van der Waals surface area contributed by atoms with E-state index in [9.17, 15) is 14.4 Å². The predicted octanol–water partition coefficient (Wildman–Crippen LogP) is 2.37. The lowest BCUT2D eigenvalue weighted by Gasteiger charge is -1.98. The van der Waals surface area contributed by atoms with E-state index in [4.69, 9.17) is 0 Å². The van der Waals surface area contributed by atoms with Gasteiger partial charge in [0, 0.05) is 0 Å². The molecule has 0 spiro atoms. The van der Waals surface area contributed by atoms with E-state index >= 15 is 0 Å². The molecule has 0 N–H and O–H groups in total. The van der Waals surface area contributed by atoms with Crippen molar-refractivity contribution >= 4 is 18.5 Å². The first-order valence-electron chi connectivity index (χ1n) is 6.05. The van der Waals surface area contributed by atoms with E-state index < -0.39 is 18.5 Å². The summed E-state index contributed by atoms with van der Waals surface area (Å²) in [7, 11) is 3.79. The van der Waals surface area contributed by atoms with Crippen molar-refractivity contribution < 1.29 is 42.8 Å². The van der Waals surface area contributed by atoms with Crippen molar-refractivity contribution in [2.24, 2.45) is 0 Å². The van der Waals surface area contributed by atoms with E-state index in [2.05, 4.69) is 28.4 Å². The van der Waals surface area contributed by atoms with Crippen LogP contribution in [0.25, 0.3) is 0 Å². The van der Waals surface area contributed by atoms with E-state index in [1.165, 1.54) is 21.3 Å². The summed E-state index contributed by atoms with van der Waals surface area (Å²) in [4.78, 5) is 29.9. The van der Waals surface area contributed by atoms with Crippen LogP contribution in [-0.4, -0.2) is 59.6 Å². The molecule has 0 rings (SSSR count). The molecular weight excluding hydrogens is 288 g/mol. The Morgan fingerprint density at radius 3 is 1.00 bits per heavy atom. The van der Waals surface area contributed by atoms with Crippen molar-refractivity contribution in [3.63, 3.8) is 0 Å². The van der Waals surface area contributed by atoms with Gasteiger partial charge in [-0.05, 0) is 20.8 Å². The van der Waals surface area contributed by atoms with Crippen molar-refractivity contribution in [1.82, 2.24) is 0 Å². The summed E-state index contributed by atoms with van der Waals surface area (Å²) >= 11 is 0. The average Bonchev–Trinajstić information content (AvgIpc) is 2.48. The molecular formula is C12H24O9. The number of rotatable bonds is 3. The number of carbonyl (C=O) groups excluding carboxylic acids is 3. The predicted molar refractivity (Wildman–Crippen MR) is 72.1 cm³/mol. The Morgan fingerprint density at radius 2 is 0.857 bits per heavy atom. The zero-order chi connectivity index (χ0) is 17.1. The van der Waals surface area contributed by atoms with Crippen molar-refractivity contribution in [2.45, 2.75) is 20.8 Å². The first-order valence-corrected chi connectivity index (χ1v) is 6.05. The Hall–Kier alpha value is -2.19. The van der Waals surface area contributed by atoms with Gasteiger partial charge >= 0.3 is 18.5 Å². The Bertz CT molecular complexity index is 251. The molecule has 9 heteroatoms. The Balaban J connectivity index is -0.000000234. The molecule has 0 heterocycles. The van der Waals surface area contributed by atoms with E-state index in [0.717, 1.165) is 0 Å². The molecule has 0 saturated heterocycles. The normalized spacial score (nSPS) is 7.71. The van der Waals surface area contributed by atoms with Gasteiger partial charge in [0.2, 0.25) is 0 Å². The van der Waals surface area contributed by atoms with Gasteiger partial charge in [0.05, 0.1) is 41.2 Å². The van der Waals surface area contributed by atoms with E-state index in [-0.39, 0.29) is 0 Å². The van der Waals surface area contributed by atoms with E-state index in [1.54, 1.807) is 20.8 Å². The fraction of sp³-hybridized carbons (Fsp3) is 0.750. The fourth-order valence-electron chi connectivity index (χ4n) is 0.537. The Morgan fingerprint density at radius 1 is 0.571 bits per heavy atom. The highest BCUT2D eigenvalue weighted by molar-refractivity contribution is 5.59. The molecule has 0 aliphatic carbocycles. The molecule has 0 fully saturated rings. The molecule has 0 bridgehead atoms. The van der Waals surface area contributed by atoms with Crippen LogP contribution in [0.2, 0.25) is 0 Å². The lowest BCUT2D eigenvalue weighted by molar-refractivity contribution is 0.0629. The second kappa shape index (κ2) is 20.1. The number of carbonyl (C=O) groups is 3. The molecule has 0 amide bonds. The first kappa shape index (κ1) is 23.9. The van der Waals surface area contributed by atoms with Crippen molar-refractivity contribution in [1.29, 1.82) is 0 Å². The van der Waals surface area contributed by atoms with Gasteiger partial charge in [-0.2, -0.15) is 0 Å². The van der Waals surface area contributed by atoms with Gasteiger partial charge < -0.3 is 28.4 Å². The highest BCUT2D eigenvalue weighted by Gasteiger charge is 1.96. The minimum absolute atomic E-state index is 0.368.